The third-order valence-corrected chi connectivity index (χ3v) is 6.42. The SMILES string of the molecule is CN1CCN(c2ccc(-c3cc(Cl)c4c(c3)CN(CC3CC3)C4=O)cn2)CC1. The van der Waals surface area contributed by atoms with Crippen LogP contribution in [0.1, 0.15) is 28.8 Å². The van der Waals surface area contributed by atoms with Crippen LogP contribution in [0.15, 0.2) is 30.5 Å². The topological polar surface area (TPSA) is 39.7 Å². The van der Waals surface area contributed by atoms with Gasteiger partial charge in [0.2, 0.25) is 0 Å². The average Bonchev–Trinajstić information content (AvgIpc) is 3.46. The number of fused-ring (bicyclic) bond motifs is 1. The van der Waals surface area contributed by atoms with Crippen LogP contribution in [0.2, 0.25) is 5.02 Å². The molecule has 2 aliphatic heterocycles. The summed E-state index contributed by atoms with van der Waals surface area (Å²) in [6.45, 7) is 5.68. The van der Waals surface area contributed by atoms with Gasteiger partial charge in [-0.05, 0) is 61.2 Å². The second-order valence-corrected chi connectivity index (χ2v) is 8.72. The lowest BCUT2D eigenvalue weighted by molar-refractivity contribution is 0.0771. The summed E-state index contributed by atoms with van der Waals surface area (Å²) in [6, 6.07) is 8.22. The third-order valence-electron chi connectivity index (χ3n) is 6.12. The molecule has 0 radical (unpaired) electrons. The summed E-state index contributed by atoms with van der Waals surface area (Å²) in [5.41, 5.74) is 3.79. The van der Waals surface area contributed by atoms with E-state index in [0.717, 1.165) is 55.2 Å². The van der Waals surface area contributed by atoms with Crippen molar-refractivity contribution in [3.8, 4) is 11.1 Å². The molecule has 5 rings (SSSR count). The van der Waals surface area contributed by atoms with Gasteiger partial charge in [-0.1, -0.05) is 11.6 Å². The molecule has 0 spiro atoms. The number of amides is 1. The number of carbonyl (C=O) groups is 1. The monoisotopic (exact) mass is 396 g/mol. The van der Waals surface area contributed by atoms with E-state index in [1.807, 2.05) is 17.2 Å². The van der Waals surface area contributed by atoms with E-state index in [4.69, 9.17) is 16.6 Å². The number of piperazine rings is 1. The summed E-state index contributed by atoms with van der Waals surface area (Å²) in [7, 11) is 2.15. The normalized spacial score (nSPS) is 20.0. The zero-order valence-corrected chi connectivity index (χ0v) is 17.0. The fraction of sp³-hybridized carbons (Fsp3) is 0.455. The maximum absolute atomic E-state index is 12.7. The van der Waals surface area contributed by atoms with E-state index in [-0.39, 0.29) is 5.91 Å². The summed E-state index contributed by atoms with van der Waals surface area (Å²) in [6.07, 6.45) is 4.40. The predicted octanol–water partition coefficient (Wildman–Crippen LogP) is 3.52. The molecule has 5 nitrogen and oxygen atoms in total. The summed E-state index contributed by atoms with van der Waals surface area (Å²) >= 11 is 6.52. The number of pyridine rings is 1. The number of aromatic nitrogens is 1. The Hall–Kier alpha value is -2.11. The van der Waals surface area contributed by atoms with Gasteiger partial charge in [-0.25, -0.2) is 4.98 Å². The fourth-order valence-electron chi connectivity index (χ4n) is 4.17. The minimum Gasteiger partial charge on any atom is -0.354 e. The lowest BCUT2D eigenvalue weighted by Gasteiger charge is -2.33. The first-order chi connectivity index (χ1) is 13.6. The first-order valence-electron chi connectivity index (χ1n) is 10.1. The number of hydrogen-bond acceptors (Lipinski definition) is 4. The van der Waals surface area contributed by atoms with E-state index in [0.29, 0.717) is 23.0 Å². The van der Waals surface area contributed by atoms with Crippen LogP contribution in [0.25, 0.3) is 11.1 Å². The Balaban J connectivity index is 1.37. The number of rotatable bonds is 4. The molecule has 6 heteroatoms. The van der Waals surface area contributed by atoms with Gasteiger partial charge in [0.25, 0.3) is 5.91 Å². The Morgan fingerprint density at radius 2 is 1.89 bits per heavy atom. The Kier molecular flexibility index (Phi) is 4.52. The van der Waals surface area contributed by atoms with E-state index in [1.54, 1.807) is 0 Å². The molecule has 2 fully saturated rings. The van der Waals surface area contributed by atoms with Gasteiger partial charge in [0, 0.05) is 51.0 Å². The van der Waals surface area contributed by atoms with Crippen molar-refractivity contribution in [2.45, 2.75) is 19.4 Å². The molecule has 1 aliphatic carbocycles. The quantitative estimate of drug-likeness (QED) is 0.792. The fourth-order valence-corrected chi connectivity index (χ4v) is 4.49. The number of benzene rings is 1. The second kappa shape index (κ2) is 7.05. The van der Waals surface area contributed by atoms with E-state index in [9.17, 15) is 4.79 Å². The number of nitrogens with zero attached hydrogens (tertiary/aromatic N) is 4. The molecule has 1 aromatic carbocycles. The zero-order chi connectivity index (χ0) is 19.3. The summed E-state index contributed by atoms with van der Waals surface area (Å²) in [5, 5.41) is 0.555. The van der Waals surface area contributed by atoms with Crippen LogP contribution in [0.5, 0.6) is 0 Å². The maximum atomic E-state index is 12.7. The van der Waals surface area contributed by atoms with Gasteiger partial charge in [-0.2, -0.15) is 0 Å². The number of halogens is 1. The number of likely N-dealkylation sites (N-methyl/N-ethyl adjacent to an activating group) is 1. The third kappa shape index (κ3) is 3.38. The summed E-state index contributed by atoms with van der Waals surface area (Å²) in [4.78, 5) is 24.0. The molecule has 28 heavy (non-hydrogen) atoms. The molecular formula is C22H25ClN4O. The predicted molar refractivity (Wildman–Crippen MR) is 112 cm³/mol. The lowest BCUT2D eigenvalue weighted by Crippen LogP contribution is -2.44. The van der Waals surface area contributed by atoms with Gasteiger partial charge in [-0.3, -0.25) is 4.79 Å². The highest BCUT2D eigenvalue weighted by Gasteiger charge is 2.34. The van der Waals surface area contributed by atoms with E-state index < -0.39 is 0 Å². The highest BCUT2D eigenvalue weighted by Crippen LogP contribution is 2.37. The molecule has 0 unspecified atom stereocenters. The van der Waals surface area contributed by atoms with Gasteiger partial charge in [-0.15, -0.1) is 0 Å². The highest BCUT2D eigenvalue weighted by atomic mass is 35.5. The van der Waals surface area contributed by atoms with Crippen molar-refractivity contribution < 1.29 is 4.79 Å². The van der Waals surface area contributed by atoms with E-state index >= 15 is 0 Å². The van der Waals surface area contributed by atoms with Gasteiger partial charge in [0.1, 0.15) is 5.82 Å². The molecule has 2 aromatic rings. The van der Waals surface area contributed by atoms with Crippen molar-refractivity contribution in [3.63, 3.8) is 0 Å². The van der Waals surface area contributed by atoms with Crippen LogP contribution in [-0.2, 0) is 6.54 Å². The Labute approximate surface area is 170 Å². The van der Waals surface area contributed by atoms with Crippen LogP contribution in [-0.4, -0.2) is 60.5 Å². The van der Waals surface area contributed by atoms with Crippen LogP contribution in [0.3, 0.4) is 0 Å². The molecule has 1 aromatic heterocycles. The molecule has 0 bridgehead atoms. The van der Waals surface area contributed by atoms with Gasteiger partial charge in [0.05, 0.1) is 10.6 Å². The minimum absolute atomic E-state index is 0.0852. The highest BCUT2D eigenvalue weighted by molar-refractivity contribution is 6.34. The molecule has 1 saturated carbocycles. The van der Waals surface area contributed by atoms with Crippen molar-refractivity contribution >= 4 is 23.3 Å². The zero-order valence-electron chi connectivity index (χ0n) is 16.2. The van der Waals surface area contributed by atoms with Crippen molar-refractivity contribution in [2.24, 2.45) is 5.92 Å². The molecule has 1 saturated heterocycles. The molecule has 3 heterocycles. The molecule has 146 valence electrons. The van der Waals surface area contributed by atoms with Gasteiger partial charge < -0.3 is 14.7 Å². The van der Waals surface area contributed by atoms with Gasteiger partial charge in [0.15, 0.2) is 0 Å². The smallest absolute Gasteiger partial charge is 0.256 e. The van der Waals surface area contributed by atoms with Gasteiger partial charge >= 0.3 is 0 Å². The molecule has 0 atom stereocenters. The maximum Gasteiger partial charge on any atom is 0.256 e. The Bertz CT molecular complexity index is 901. The standard InChI is InChI=1S/C22H25ClN4O/c1-25-6-8-26(9-7-25)20-5-4-16(12-24-20)17-10-18-14-27(13-15-2-3-15)22(28)21(18)19(23)11-17/h4-5,10-12,15H,2-3,6-9,13-14H2,1H3. The molecule has 0 N–H and O–H groups in total. The van der Waals surface area contributed by atoms with Crippen molar-refractivity contribution in [1.29, 1.82) is 0 Å². The molecule has 3 aliphatic rings. The Morgan fingerprint density at radius 1 is 1.11 bits per heavy atom. The van der Waals surface area contributed by atoms with Crippen LogP contribution >= 0.6 is 11.6 Å². The van der Waals surface area contributed by atoms with Crippen LogP contribution < -0.4 is 4.90 Å². The minimum atomic E-state index is 0.0852. The van der Waals surface area contributed by atoms with E-state index in [2.05, 4.69) is 35.0 Å². The summed E-state index contributed by atoms with van der Waals surface area (Å²) in [5.74, 6) is 1.79. The lowest BCUT2D eigenvalue weighted by atomic mass is 10.0. The number of hydrogen-bond donors (Lipinski definition) is 0. The summed E-state index contributed by atoms with van der Waals surface area (Å²) < 4.78 is 0. The second-order valence-electron chi connectivity index (χ2n) is 8.32. The number of anilines is 1. The van der Waals surface area contributed by atoms with Crippen LogP contribution in [0, 0.1) is 5.92 Å². The Morgan fingerprint density at radius 3 is 2.57 bits per heavy atom. The molecule has 1 amide bonds. The van der Waals surface area contributed by atoms with Crippen molar-refractivity contribution in [2.75, 3.05) is 44.7 Å². The van der Waals surface area contributed by atoms with Crippen molar-refractivity contribution in [3.05, 3.63) is 46.6 Å². The van der Waals surface area contributed by atoms with Crippen molar-refractivity contribution in [1.82, 2.24) is 14.8 Å². The molecular weight excluding hydrogens is 372 g/mol. The number of carbonyl (C=O) groups excluding carboxylic acids is 1. The first kappa shape index (κ1) is 18.0. The van der Waals surface area contributed by atoms with E-state index in [1.165, 1.54) is 12.8 Å². The van der Waals surface area contributed by atoms with Crippen LogP contribution in [0.4, 0.5) is 5.82 Å². The average molecular weight is 397 g/mol. The first-order valence-corrected chi connectivity index (χ1v) is 10.5. The largest absolute Gasteiger partial charge is 0.354 e.